The van der Waals surface area contributed by atoms with E-state index < -0.39 is 0 Å². The summed E-state index contributed by atoms with van der Waals surface area (Å²) in [5.74, 6) is -0.553. The molecule has 19 heavy (non-hydrogen) atoms. The van der Waals surface area contributed by atoms with Crippen LogP contribution >= 0.6 is 0 Å². The van der Waals surface area contributed by atoms with E-state index in [4.69, 9.17) is 4.84 Å². The topological polar surface area (TPSA) is 48.3 Å². The van der Waals surface area contributed by atoms with Crippen molar-refractivity contribution in [1.29, 1.82) is 0 Å². The van der Waals surface area contributed by atoms with Gasteiger partial charge in [0.05, 0.1) is 0 Å². The Labute approximate surface area is 111 Å². The van der Waals surface area contributed by atoms with E-state index in [1.165, 1.54) is 4.73 Å². The number of hydrogen-bond donors (Lipinski definition) is 0. The first-order chi connectivity index (χ1) is 9.11. The second-order valence-electron chi connectivity index (χ2n) is 4.23. The molecule has 0 atom stereocenters. The molecule has 2 rings (SSSR count). The van der Waals surface area contributed by atoms with Gasteiger partial charge in [-0.25, -0.2) is 4.79 Å². The highest BCUT2D eigenvalue weighted by Crippen LogP contribution is 2.11. The second-order valence-corrected chi connectivity index (χ2v) is 4.23. The minimum absolute atomic E-state index is 0.172. The Balaban J connectivity index is 2.27. The van der Waals surface area contributed by atoms with E-state index in [1.54, 1.807) is 37.4 Å². The lowest BCUT2D eigenvalue weighted by Crippen LogP contribution is -2.22. The van der Waals surface area contributed by atoms with E-state index in [1.807, 2.05) is 19.1 Å². The predicted molar refractivity (Wildman–Crippen MR) is 70.9 cm³/mol. The molecular weight excluding hydrogens is 242 g/mol. The Morgan fingerprint density at radius 2 is 1.84 bits per heavy atom. The van der Waals surface area contributed by atoms with Crippen LogP contribution in [0.3, 0.4) is 0 Å². The van der Waals surface area contributed by atoms with Gasteiger partial charge in [0.1, 0.15) is 5.69 Å². The summed E-state index contributed by atoms with van der Waals surface area (Å²) in [6.45, 7) is 3.66. The number of hydrogen-bond acceptors (Lipinski definition) is 3. The number of carbonyl (C=O) groups excluding carboxylic acids is 2. The minimum Gasteiger partial charge on any atom is -0.336 e. The summed E-state index contributed by atoms with van der Waals surface area (Å²) >= 11 is 0. The molecule has 4 heteroatoms. The summed E-state index contributed by atoms with van der Waals surface area (Å²) in [5.41, 5.74) is 1.99. The molecule has 2 aromatic rings. The van der Waals surface area contributed by atoms with Crippen molar-refractivity contribution in [1.82, 2.24) is 4.73 Å². The molecule has 98 valence electrons. The SMILES string of the molecule is CCC(=O)On1cccc1C(=O)c1ccc(C)cc1. The third kappa shape index (κ3) is 2.91. The summed E-state index contributed by atoms with van der Waals surface area (Å²) in [6, 6.07) is 10.6. The molecule has 0 saturated heterocycles. The van der Waals surface area contributed by atoms with E-state index >= 15 is 0 Å². The van der Waals surface area contributed by atoms with Crippen molar-refractivity contribution in [3.05, 3.63) is 59.4 Å². The zero-order valence-corrected chi connectivity index (χ0v) is 10.9. The van der Waals surface area contributed by atoms with Gasteiger partial charge in [0.25, 0.3) is 0 Å². The number of benzene rings is 1. The molecule has 0 aliphatic carbocycles. The molecule has 1 aromatic heterocycles. The van der Waals surface area contributed by atoms with Crippen molar-refractivity contribution >= 4 is 11.8 Å². The number of carbonyl (C=O) groups is 2. The lowest BCUT2D eigenvalue weighted by molar-refractivity contribution is -0.143. The van der Waals surface area contributed by atoms with Crippen LogP contribution in [-0.2, 0) is 4.79 Å². The third-order valence-electron chi connectivity index (χ3n) is 2.75. The van der Waals surface area contributed by atoms with Gasteiger partial charge in [-0.15, -0.1) is 0 Å². The van der Waals surface area contributed by atoms with Crippen molar-refractivity contribution in [2.24, 2.45) is 0 Å². The zero-order valence-electron chi connectivity index (χ0n) is 10.9. The van der Waals surface area contributed by atoms with Gasteiger partial charge in [-0.05, 0) is 19.1 Å². The summed E-state index contributed by atoms with van der Waals surface area (Å²) in [7, 11) is 0. The molecule has 0 aliphatic rings. The average Bonchev–Trinajstić information content (AvgIpc) is 2.86. The number of aryl methyl sites for hydroxylation is 1. The van der Waals surface area contributed by atoms with E-state index in [9.17, 15) is 9.59 Å². The lowest BCUT2D eigenvalue weighted by Gasteiger charge is -2.07. The van der Waals surface area contributed by atoms with Crippen molar-refractivity contribution < 1.29 is 14.4 Å². The predicted octanol–water partition coefficient (Wildman–Crippen LogP) is 2.39. The van der Waals surface area contributed by atoms with E-state index in [2.05, 4.69) is 0 Å². The first-order valence-corrected chi connectivity index (χ1v) is 6.11. The fourth-order valence-corrected chi connectivity index (χ4v) is 1.65. The summed E-state index contributed by atoms with van der Waals surface area (Å²) in [6.07, 6.45) is 1.81. The highest BCUT2D eigenvalue weighted by Gasteiger charge is 2.15. The Bertz CT molecular complexity index is 596. The highest BCUT2D eigenvalue weighted by molar-refractivity contribution is 6.08. The first kappa shape index (κ1) is 13.1. The largest absolute Gasteiger partial charge is 0.336 e. The summed E-state index contributed by atoms with van der Waals surface area (Å²) in [4.78, 5) is 28.6. The maximum Gasteiger partial charge on any atom is 0.332 e. The van der Waals surface area contributed by atoms with Crippen LogP contribution in [0, 0.1) is 6.92 Å². The van der Waals surface area contributed by atoms with Crippen molar-refractivity contribution in [2.75, 3.05) is 0 Å². The quantitative estimate of drug-likeness (QED) is 0.790. The molecule has 4 nitrogen and oxygen atoms in total. The smallest absolute Gasteiger partial charge is 0.332 e. The van der Waals surface area contributed by atoms with Crippen LogP contribution in [0.1, 0.15) is 35.0 Å². The molecule has 0 N–H and O–H groups in total. The summed E-state index contributed by atoms with van der Waals surface area (Å²) in [5, 5.41) is 0. The molecule has 0 unspecified atom stereocenters. The van der Waals surface area contributed by atoms with Crippen molar-refractivity contribution in [2.45, 2.75) is 20.3 Å². The number of ketones is 1. The Hall–Kier alpha value is -2.36. The maximum absolute atomic E-state index is 12.3. The molecule has 0 amide bonds. The van der Waals surface area contributed by atoms with Crippen LogP contribution in [0.2, 0.25) is 0 Å². The number of nitrogens with zero attached hydrogens (tertiary/aromatic N) is 1. The monoisotopic (exact) mass is 257 g/mol. The second kappa shape index (κ2) is 5.52. The highest BCUT2D eigenvalue weighted by atomic mass is 16.7. The van der Waals surface area contributed by atoms with Gasteiger partial charge in [0.15, 0.2) is 0 Å². The van der Waals surface area contributed by atoms with E-state index in [0.29, 0.717) is 11.3 Å². The van der Waals surface area contributed by atoms with Crippen molar-refractivity contribution in [3.8, 4) is 0 Å². The minimum atomic E-state index is -0.380. The first-order valence-electron chi connectivity index (χ1n) is 6.11. The summed E-state index contributed by atoms with van der Waals surface area (Å²) < 4.78 is 1.22. The zero-order chi connectivity index (χ0) is 13.8. The molecule has 1 aromatic carbocycles. The normalized spacial score (nSPS) is 10.2. The van der Waals surface area contributed by atoms with Crippen LogP contribution in [0.5, 0.6) is 0 Å². The van der Waals surface area contributed by atoms with E-state index in [0.717, 1.165) is 5.56 Å². The lowest BCUT2D eigenvalue weighted by atomic mass is 10.1. The van der Waals surface area contributed by atoms with Crippen LogP contribution in [-0.4, -0.2) is 16.5 Å². The average molecular weight is 257 g/mol. The molecule has 0 bridgehead atoms. The maximum atomic E-state index is 12.3. The van der Waals surface area contributed by atoms with Crippen molar-refractivity contribution in [3.63, 3.8) is 0 Å². The molecule has 0 fully saturated rings. The Morgan fingerprint density at radius 1 is 1.16 bits per heavy atom. The third-order valence-corrected chi connectivity index (χ3v) is 2.75. The van der Waals surface area contributed by atoms with Crippen LogP contribution in [0.4, 0.5) is 0 Å². The number of aromatic nitrogens is 1. The standard InChI is InChI=1S/C15H15NO3/c1-3-14(17)19-16-10-4-5-13(16)15(18)12-8-6-11(2)7-9-12/h4-10H,3H2,1-2H3. The molecule has 0 aliphatic heterocycles. The molecule has 0 radical (unpaired) electrons. The van der Waals surface area contributed by atoms with Gasteiger partial charge >= 0.3 is 5.97 Å². The van der Waals surface area contributed by atoms with Gasteiger partial charge in [-0.3, -0.25) is 4.79 Å². The van der Waals surface area contributed by atoms with E-state index in [-0.39, 0.29) is 18.2 Å². The fraction of sp³-hybridized carbons (Fsp3) is 0.200. The molecule has 1 heterocycles. The molecular formula is C15H15NO3. The van der Waals surface area contributed by atoms with Gasteiger partial charge in [0.2, 0.25) is 5.78 Å². The fourth-order valence-electron chi connectivity index (χ4n) is 1.65. The molecule has 0 saturated carbocycles. The molecule has 0 spiro atoms. The Morgan fingerprint density at radius 3 is 2.47 bits per heavy atom. The van der Waals surface area contributed by atoms with Gasteiger partial charge in [-0.2, -0.15) is 4.73 Å². The van der Waals surface area contributed by atoms with Crippen LogP contribution < -0.4 is 4.84 Å². The van der Waals surface area contributed by atoms with Gasteiger partial charge < -0.3 is 4.84 Å². The van der Waals surface area contributed by atoms with Gasteiger partial charge in [0, 0.05) is 18.2 Å². The van der Waals surface area contributed by atoms with Crippen LogP contribution in [0.25, 0.3) is 0 Å². The van der Waals surface area contributed by atoms with Gasteiger partial charge in [-0.1, -0.05) is 36.8 Å². The van der Waals surface area contributed by atoms with Crippen LogP contribution in [0.15, 0.2) is 42.6 Å². The number of rotatable bonds is 4. The Kier molecular flexibility index (Phi) is 3.80.